The standard InChI is InChI=1S/C25H29NO6/c1-4-12-31-24(28)25(10-5-11-25)15-32-21-18(8-9-20(29-2)22(21)30-3)16-6-7-19-17(13-16)14-26-23(19)27/h6-9,13H,4-5,10-12,14-15H2,1-3H3,(H,26,27). The largest absolute Gasteiger partial charge is 0.493 e. The predicted molar refractivity (Wildman–Crippen MR) is 119 cm³/mol. The molecule has 4 rings (SSSR count). The molecule has 1 fully saturated rings. The number of hydrogen-bond donors (Lipinski definition) is 1. The summed E-state index contributed by atoms with van der Waals surface area (Å²) in [5.74, 6) is 1.26. The number of methoxy groups -OCH3 is 2. The molecule has 0 saturated heterocycles. The van der Waals surface area contributed by atoms with Gasteiger partial charge in [-0.3, -0.25) is 9.59 Å². The molecule has 0 atom stereocenters. The Hall–Kier alpha value is -3.22. The van der Waals surface area contributed by atoms with Crippen molar-refractivity contribution in [2.24, 2.45) is 5.41 Å². The van der Waals surface area contributed by atoms with Gasteiger partial charge in [-0.05, 0) is 54.7 Å². The smallest absolute Gasteiger partial charge is 0.315 e. The van der Waals surface area contributed by atoms with Crippen LogP contribution in [-0.2, 0) is 16.1 Å². The molecule has 0 bridgehead atoms. The third-order valence-electron chi connectivity index (χ3n) is 6.27. The summed E-state index contributed by atoms with van der Waals surface area (Å²) < 4.78 is 22.9. The second kappa shape index (κ2) is 9.10. The molecule has 0 spiro atoms. The molecule has 2 aliphatic rings. The maximum Gasteiger partial charge on any atom is 0.315 e. The van der Waals surface area contributed by atoms with Gasteiger partial charge in [-0.15, -0.1) is 0 Å². The number of rotatable bonds is 9. The van der Waals surface area contributed by atoms with E-state index in [2.05, 4.69) is 5.32 Å². The summed E-state index contributed by atoms with van der Waals surface area (Å²) in [6.45, 7) is 3.09. The van der Waals surface area contributed by atoms with Gasteiger partial charge in [0, 0.05) is 17.7 Å². The Morgan fingerprint density at radius 1 is 1.06 bits per heavy atom. The van der Waals surface area contributed by atoms with Gasteiger partial charge in [0.2, 0.25) is 5.75 Å². The molecule has 7 nitrogen and oxygen atoms in total. The van der Waals surface area contributed by atoms with Crippen molar-refractivity contribution in [3.63, 3.8) is 0 Å². The monoisotopic (exact) mass is 439 g/mol. The SMILES string of the molecule is CCCOC(=O)C1(COc2c(-c3ccc4c(c3)CNC4=O)ccc(OC)c2OC)CCC1. The van der Waals surface area contributed by atoms with Crippen molar-refractivity contribution in [3.8, 4) is 28.4 Å². The molecule has 32 heavy (non-hydrogen) atoms. The molecule has 2 aromatic carbocycles. The Labute approximate surface area is 188 Å². The summed E-state index contributed by atoms with van der Waals surface area (Å²) >= 11 is 0. The lowest BCUT2D eigenvalue weighted by molar-refractivity contribution is -0.164. The van der Waals surface area contributed by atoms with Crippen molar-refractivity contribution in [1.29, 1.82) is 0 Å². The Bertz CT molecular complexity index is 1030. The van der Waals surface area contributed by atoms with E-state index < -0.39 is 5.41 Å². The predicted octanol–water partition coefficient (Wildman–Crippen LogP) is 4.12. The van der Waals surface area contributed by atoms with E-state index in [0.717, 1.165) is 42.4 Å². The third-order valence-corrected chi connectivity index (χ3v) is 6.27. The Morgan fingerprint density at radius 2 is 1.84 bits per heavy atom. The van der Waals surface area contributed by atoms with Crippen molar-refractivity contribution in [1.82, 2.24) is 5.32 Å². The molecule has 1 amide bonds. The number of nitrogens with one attached hydrogen (secondary N) is 1. The van der Waals surface area contributed by atoms with Crippen LogP contribution in [0.4, 0.5) is 0 Å². The molecule has 0 aromatic heterocycles. The minimum absolute atomic E-state index is 0.0622. The van der Waals surface area contributed by atoms with Crippen LogP contribution in [0.25, 0.3) is 11.1 Å². The van der Waals surface area contributed by atoms with Crippen LogP contribution in [0.15, 0.2) is 30.3 Å². The summed E-state index contributed by atoms with van der Waals surface area (Å²) in [7, 11) is 3.14. The van der Waals surface area contributed by atoms with Crippen LogP contribution < -0.4 is 19.5 Å². The summed E-state index contributed by atoms with van der Waals surface area (Å²) in [6.07, 6.45) is 3.23. The molecule has 7 heteroatoms. The third kappa shape index (κ3) is 3.87. The summed E-state index contributed by atoms with van der Waals surface area (Å²) in [4.78, 5) is 24.7. The van der Waals surface area contributed by atoms with Gasteiger partial charge in [-0.2, -0.15) is 0 Å². The average molecular weight is 440 g/mol. The maximum atomic E-state index is 12.7. The number of amides is 1. The zero-order valence-electron chi connectivity index (χ0n) is 18.8. The lowest BCUT2D eigenvalue weighted by Gasteiger charge is -2.39. The van der Waals surface area contributed by atoms with E-state index >= 15 is 0 Å². The molecule has 0 unspecified atom stereocenters. The van der Waals surface area contributed by atoms with Crippen LogP contribution >= 0.6 is 0 Å². The highest BCUT2D eigenvalue weighted by Gasteiger charge is 2.47. The fraction of sp³-hybridized carbons (Fsp3) is 0.440. The number of hydrogen-bond acceptors (Lipinski definition) is 6. The van der Waals surface area contributed by atoms with Gasteiger partial charge in [0.15, 0.2) is 11.5 Å². The van der Waals surface area contributed by atoms with Gasteiger partial charge in [0.1, 0.15) is 12.0 Å². The normalized spacial score (nSPS) is 15.9. The molecular formula is C25H29NO6. The van der Waals surface area contributed by atoms with E-state index in [9.17, 15) is 9.59 Å². The summed E-state index contributed by atoms with van der Waals surface area (Å²) in [5, 5.41) is 2.84. The number of ether oxygens (including phenoxy) is 4. The topological polar surface area (TPSA) is 83.1 Å². The Morgan fingerprint density at radius 3 is 2.50 bits per heavy atom. The lowest BCUT2D eigenvalue weighted by atomic mass is 9.69. The Kier molecular flexibility index (Phi) is 6.26. The van der Waals surface area contributed by atoms with Gasteiger partial charge in [-0.25, -0.2) is 0 Å². The van der Waals surface area contributed by atoms with E-state index in [1.54, 1.807) is 14.2 Å². The quantitative estimate of drug-likeness (QED) is 0.592. The summed E-state index contributed by atoms with van der Waals surface area (Å²) in [5.41, 5.74) is 2.69. The van der Waals surface area contributed by atoms with Crippen molar-refractivity contribution >= 4 is 11.9 Å². The molecule has 1 aliphatic heterocycles. The molecule has 0 radical (unpaired) electrons. The van der Waals surface area contributed by atoms with Crippen molar-refractivity contribution in [2.75, 3.05) is 27.4 Å². The van der Waals surface area contributed by atoms with Gasteiger partial charge >= 0.3 is 5.97 Å². The van der Waals surface area contributed by atoms with Crippen LogP contribution in [0.5, 0.6) is 17.2 Å². The molecule has 1 saturated carbocycles. The number of carbonyl (C=O) groups is 2. The number of benzene rings is 2. The minimum atomic E-state index is -0.630. The fourth-order valence-electron chi connectivity index (χ4n) is 4.24. The van der Waals surface area contributed by atoms with E-state index in [0.29, 0.717) is 36.0 Å². The van der Waals surface area contributed by atoms with Crippen LogP contribution in [-0.4, -0.2) is 39.3 Å². The maximum absolute atomic E-state index is 12.7. The highest BCUT2D eigenvalue weighted by atomic mass is 16.5. The van der Waals surface area contributed by atoms with E-state index in [1.807, 2.05) is 37.3 Å². The van der Waals surface area contributed by atoms with E-state index in [1.165, 1.54) is 0 Å². The Balaban J connectivity index is 1.69. The molecular weight excluding hydrogens is 410 g/mol. The molecule has 1 aliphatic carbocycles. The highest BCUT2D eigenvalue weighted by molar-refractivity contribution is 5.99. The average Bonchev–Trinajstić information content (AvgIpc) is 3.16. The molecule has 170 valence electrons. The number of esters is 1. The molecule has 1 N–H and O–H groups in total. The van der Waals surface area contributed by atoms with Gasteiger partial charge in [0.25, 0.3) is 5.91 Å². The fourth-order valence-corrected chi connectivity index (χ4v) is 4.24. The van der Waals surface area contributed by atoms with Crippen molar-refractivity contribution in [2.45, 2.75) is 39.2 Å². The van der Waals surface area contributed by atoms with Gasteiger partial charge in [0.05, 0.1) is 20.8 Å². The molecule has 1 heterocycles. The second-order valence-corrected chi connectivity index (χ2v) is 8.29. The highest BCUT2D eigenvalue weighted by Crippen LogP contribution is 2.48. The molecule has 2 aromatic rings. The van der Waals surface area contributed by atoms with Crippen molar-refractivity contribution < 1.29 is 28.5 Å². The number of carbonyl (C=O) groups excluding carboxylic acids is 2. The second-order valence-electron chi connectivity index (χ2n) is 8.29. The van der Waals surface area contributed by atoms with Crippen LogP contribution in [0.2, 0.25) is 0 Å². The summed E-state index contributed by atoms with van der Waals surface area (Å²) in [6, 6.07) is 9.43. The zero-order valence-corrected chi connectivity index (χ0v) is 18.8. The first-order valence-electron chi connectivity index (χ1n) is 11.0. The van der Waals surface area contributed by atoms with Gasteiger partial charge < -0.3 is 24.3 Å². The first-order valence-corrected chi connectivity index (χ1v) is 11.0. The van der Waals surface area contributed by atoms with Crippen LogP contribution in [0, 0.1) is 5.41 Å². The van der Waals surface area contributed by atoms with E-state index in [4.69, 9.17) is 18.9 Å². The lowest BCUT2D eigenvalue weighted by Crippen LogP contribution is -2.44. The minimum Gasteiger partial charge on any atom is -0.493 e. The first kappa shape index (κ1) is 22.0. The van der Waals surface area contributed by atoms with E-state index in [-0.39, 0.29) is 18.5 Å². The van der Waals surface area contributed by atoms with Crippen LogP contribution in [0.1, 0.15) is 48.5 Å². The van der Waals surface area contributed by atoms with Crippen molar-refractivity contribution in [3.05, 3.63) is 41.5 Å². The van der Waals surface area contributed by atoms with Crippen LogP contribution in [0.3, 0.4) is 0 Å². The number of fused-ring (bicyclic) bond motifs is 1. The zero-order chi connectivity index (χ0) is 22.7. The van der Waals surface area contributed by atoms with Gasteiger partial charge in [-0.1, -0.05) is 19.4 Å². The first-order chi connectivity index (χ1) is 15.5.